The number of hydrogen-bond donors (Lipinski definition) is 3. The number of aromatic nitrogens is 2. The van der Waals surface area contributed by atoms with Crippen LogP contribution >= 0.6 is 34.9 Å². The zero-order valence-electron chi connectivity index (χ0n) is 33.1. The van der Waals surface area contributed by atoms with Crippen molar-refractivity contribution in [2.75, 3.05) is 29.5 Å². The highest BCUT2D eigenvalue weighted by atomic mass is 32.2. The Balaban J connectivity index is 0.996. The number of thioether (sulfide) groups is 2. The second-order valence-corrected chi connectivity index (χ2v) is 17.4. The molecule has 7 rings (SSSR count). The third-order valence-electron chi connectivity index (χ3n) is 9.24. The maximum absolute atomic E-state index is 13.8. The van der Waals surface area contributed by atoms with Gasteiger partial charge in [0, 0.05) is 28.2 Å². The van der Waals surface area contributed by atoms with Crippen LogP contribution in [-0.2, 0) is 34.2 Å². The lowest BCUT2D eigenvalue weighted by Gasteiger charge is -2.48. The van der Waals surface area contributed by atoms with Gasteiger partial charge < -0.3 is 24.9 Å². The van der Waals surface area contributed by atoms with Gasteiger partial charge in [-0.25, -0.2) is 14.6 Å². The van der Waals surface area contributed by atoms with Gasteiger partial charge in [-0.15, -0.1) is 23.1 Å². The molecule has 3 amide bonds. The molecule has 308 valence electrons. The number of nitrogens with zero attached hydrogens (tertiary/aromatic N) is 4. The minimum Gasteiger partial charge on any atom is -0.450 e. The Hall–Kier alpha value is -6.17. The number of anilines is 1. The molecule has 3 aromatic carbocycles. The zero-order valence-corrected chi connectivity index (χ0v) is 35.5. The average Bonchev–Trinajstić information content (AvgIpc) is 3.72. The quantitative estimate of drug-likeness (QED) is 0.0169. The summed E-state index contributed by atoms with van der Waals surface area (Å²) in [4.78, 5) is 64.6. The maximum atomic E-state index is 13.8. The SMILES string of the molecule is CO/N=C(\C(=O)NC1C(=O)N2C(C(=O)OCSc3cc[n+](NC(=O)OC(C)(C)C)cc3)=CCS[C@@H]12)c1csc(NC(c2ccccc2)(c2ccccc2)c2ccccc2)n1. The number of nitrogens with one attached hydrogen (secondary N) is 3. The van der Waals surface area contributed by atoms with Gasteiger partial charge in [-0.05, 0) is 43.5 Å². The summed E-state index contributed by atoms with van der Waals surface area (Å²) in [6.07, 6.45) is 4.31. The normalized spacial score (nSPS) is 16.4. The Morgan fingerprint density at radius 3 is 2.08 bits per heavy atom. The first kappa shape index (κ1) is 42.0. The molecule has 60 heavy (non-hydrogen) atoms. The monoisotopic (exact) mass is 864 g/mol. The number of thiazole rings is 1. The van der Waals surface area contributed by atoms with Crippen molar-refractivity contribution < 1.29 is 38.2 Å². The second kappa shape index (κ2) is 18.4. The Kier molecular flexibility index (Phi) is 12.9. The van der Waals surface area contributed by atoms with Crippen LogP contribution in [0.5, 0.6) is 0 Å². The number of ether oxygens (including phenoxy) is 2. The van der Waals surface area contributed by atoms with Gasteiger partial charge in [0.25, 0.3) is 11.8 Å². The summed E-state index contributed by atoms with van der Waals surface area (Å²) in [7, 11) is 1.33. The Bertz CT molecular complexity index is 2290. The van der Waals surface area contributed by atoms with Crippen LogP contribution in [0.2, 0.25) is 0 Å². The fraction of sp³-hybridized carbons (Fsp3) is 0.233. The molecule has 2 atom stereocenters. The number of esters is 1. The third-order valence-corrected chi connectivity index (χ3v) is 12.0. The molecular weight excluding hydrogens is 823 g/mol. The first-order chi connectivity index (χ1) is 29.0. The van der Waals surface area contributed by atoms with E-state index in [2.05, 4.69) is 57.6 Å². The molecular formula is C43H42N7O7S3+. The first-order valence-corrected chi connectivity index (χ1v) is 21.7. The van der Waals surface area contributed by atoms with Crippen LogP contribution in [0.4, 0.5) is 9.93 Å². The minimum absolute atomic E-state index is 0.0236. The van der Waals surface area contributed by atoms with E-state index >= 15 is 0 Å². The standard InChI is InChI=1S/C43H41N7O7S3/c1-42(2,3)57-41(54)47-49-23-20-31(21-24-49)60-27-56-39(53)33-22-25-58-38-35(37(52)50(33)38)45-36(51)34(48-55-4)32-26-59-40(44-32)46-43(28-14-8-5-9-15-28,29-16-10-6-11-17-29)30-18-12-7-13-19-30/h5-24,26,35,38H,25,27H2,1-4H3,(H2-,44,45,46,47,51,54)/p+1/b48-34-/t35?,38-/m0/s1. The minimum atomic E-state index is -0.932. The van der Waals surface area contributed by atoms with Crippen molar-refractivity contribution in [2.24, 2.45) is 5.16 Å². The predicted octanol–water partition coefficient (Wildman–Crippen LogP) is 6.24. The number of fused-ring (bicyclic) bond motifs is 1. The molecule has 1 unspecified atom stereocenters. The molecule has 0 aliphatic carbocycles. The molecule has 0 saturated carbocycles. The maximum Gasteiger partial charge on any atom is 0.461 e. The van der Waals surface area contributed by atoms with E-state index in [0.29, 0.717) is 10.9 Å². The van der Waals surface area contributed by atoms with Gasteiger partial charge in [0.2, 0.25) is 12.4 Å². The van der Waals surface area contributed by atoms with Crippen molar-refractivity contribution in [3.8, 4) is 0 Å². The lowest BCUT2D eigenvalue weighted by molar-refractivity contribution is -0.643. The van der Waals surface area contributed by atoms with Gasteiger partial charge in [0.05, 0.1) is 0 Å². The van der Waals surface area contributed by atoms with Crippen molar-refractivity contribution in [1.82, 2.24) is 15.2 Å². The van der Waals surface area contributed by atoms with Gasteiger partial charge in [-0.1, -0.05) is 118 Å². The molecule has 0 spiro atoms. The van der Waals surface area contributed by atoms with Gasteiger partial charge in [0.1, 0.15) is 47.0 Å². The smallest absolute Gasteiger partial charge is 0.450 e. The van der Waals surface area contributed by atoms with Crippen LogP contribution in [0.3, 0.4) is 0 Å². The number of rotatable bonds is 14. The number of pyridine rings is 1. The molecule has 1 saturated heterocycles. The van der Waals surface area contributed by atoms with Gasteiger partial charge in [0.15, 0.2) is 10.8 Å². The van der Waals surface area contributed by atoms with Gasteiger partial charge >= 0.3 is 12.1 Å². The van der Waals surface area contributed by atoms with E-state index in [-0.39, 0.29) is 23.0 Å². The van der Waals surface area contributed by atoms with E-state index in [1.165, 1.54) is 51.5 Å². The Labute approximate surface area is 359 Å². The molecule has 2 aromatic heterocycles. The lowest BCUT2D eigenvalue weighted by atomic mass is 9.77. The van der Waals surface area contributed by atoms with Crippen molar-refractivity contribution in [1.29, 1.82) is 0 Å². The largest absolute Gasteiger partial charge is 0.461 e. The summed E-state index contributed by atoms with van der Waals surface area (Å²) < 4.78 is 12.2. The first-order valence-electron chi connectivity index (χ1n) is 18.8. The number of hydrogen-bond acceptors (Lipinski definition) is 13. The fourth-order valence-electron chi connectivity index (χ4n) is 6.63. The number of carbonyl (C=O) groups excluding carboxylic acids is 4. The van der Waals surface area contributed by atoms with E-state index in [9.17, 15) is 19.2 Å². The van der Waals surface area contributed by atoms with Crippen LogP contribution in [0, 0.1) is 0 Å². The Morgan fingerprint density at radius 1 is 0.917 bits per heavy atom. The van der Waals surface area contributed by atoms with Crippen LogP contribution < -0.4 is 20.7 Å². The highest BCUT2D eigenvalue weighted by Crippen LogP contribution is 2.41. The van der Waals surface area contributed by atoms with Crippen molar-refractivity contribution >= 4 is 69.6 Å². The molecule has 14 nitrogen and oxygen atoms in total. The number of amides is 3. The van der Waals surface area contributed by atoms with E-state index < -0.39 is 46.4 Å². The molecule has 4 heterocycles. The number of carbonyl (C=O) groups is 4. The summed E-state index contributed by atoms with van der Waals surface area (Å²) in [5.74, 6) is -1.38. The number of oxime groups is 1. The van der Waals surface area contributed by atoms with Crippen molar-refractivity contribution in [3.63, 3.8) is 0 Å². The molecule has 0 radical (unpaired) electrons. The average molecular weight is 865 g/mol. The fourth-order valence-corrected chi connectivity index (χ4v) is 9.19. The van der Waals surface area contributed by atoms with Gasteiger partial charge in [-0.3, -0.25) is 14.5 Å². The summed E-state index contributed by atoms with van der Waals surface area (Å²) in [5, 5.41) is 12.2. The molecule has 0 bridgehead atoms. The highest BCUT2D eigenvalue weighted by molar-refractivity contribution is 8.00. The summed E-state index contributed by atoms with van der Waals surface area (Å²) in [6, 6.07) is 32.8. The topological polar surface area (TPSA) is 164 Å². The summed E-state index contributed by atoms with van der Waals surface area (Å²) >= 11 is 3.97. The Morgan fingerprint density at radius 2 is 1.52 bits per heavy atom. The van der Waals surface area contributed by atoms with Crippen molar-refractivity contribution in [2.45, 2.75) is 48.2 Å². The molecule has 5 aromatic rings. The van der Waals surface area contributed by atoms with Crippen molar-refractivity contribution in [3.05, 3.63) is 155 Å². The predicted molar refractivity (Wildman–Crippen MR) is 231 cm³/mol. The lowest BCUT2D eigenvalue weighted by Crippen LogP contribution is -2.70. The molecule has 17 heteroatoms. The summed E-state index contributed by atoms with van der Waals surface area (Å²) in [5.41, 5.74) is 4.31. The summed E-state index contributed by atoms with van der Waals surface area (Å²) in [6.45, 7) is 5.32. The van der Waals surface area contributed by atoms with Gasteiger partial charge in [-0.2, -0.15) is 0 Å². The van der Waals surface area contributed by atoms with E-state index in [1.54, 1.807) is 56.8 Å². The molecule has 1 fully saturated rings. The van der Waals surface area contributed by atoms with Crippen LogP contribution in [0.15, 0.2) is 143 Å². The van der Waals surface area contributed by atoms with Crippen LogP contribution in [-0.4, -0.2) is 75.3 Å². The second-order valence-electron chi connectivity index (χ2n) is 14.4. The zero-order chi connectivity index (χ0) is 42.3. The van der Waals surface area contributed by atoms with E-state index in [0.717, 1.165) is 21.6 Å². The molecule has 2 aliphatic rings. The van der Waals surface area contributed by atoms with Crippen LogP contribution in [0.1, 0.15) is 43.2 Å². The number of β-lactam (4-membered cyclic amide) rings is 1. The number of benzene rings is 3. The van der Waals surface area contributed by atoms with E-state index in [4.69, 9.17) is 19.3 Å². The van der Waals surface area contributed by atoms with E-state index in [1.807, 2.05) is 54.6 Å². The van der Waals surface area contributed by atoms with Crippen LogP contribution in [0.25, 0.3) is 0 Å². The highest BCUT2D eigenvalue weighted by Gasteiger charge is 2.53. The third kappa shape index (κ3) is 9.33. The molecule has 2 aliphatic heterocycles. The molecule has 3 N–H and O–H groups in total.